The molecule has 1 aromatic heterocycles. The van der Waals surface area contributed by atoms with Crippen LogP contribution in [0.25, 0.3) is 0 Å². The number of sulfonamides is 1. The van der Waals surface area contributed by atoms with E-state index in [1.807, 2.05) is 6.07 Å². The first-order valence-corrected chi connectivity index (χ1v) is 6.75. The molecule has 0 amide bonds. The Morgan fingerprint density at radius 1 is 1.47 bits per heavy atom. The number of nitrogens with one attached hydrogen (secondary N) is 2. The maximum atomic E-state index is 11.1. The van der Waals surface area contributed by atoms with E-state index < -0.39 is 10.0 Å². The van der Waals surface area contributed by atoms with Crippen LogP contribution in [-0.4, -0.2) is 32.7 Å². The normalized spacial score (nSPS) is 11.3. The van der Waals surface area contributed by atoms with Crippen LogP contribution < -0.4 is 10.0 Å². The van der Waals surface area contributed by atoms with Gasteiger partial charge in [-0.05, 0) is 35.1 Å². The molecule has 1 heterocycles. The van der Waals surface area contributed by atoms with Gasteiger partial charge in [-0.2, -0.15) is 0 Å². The van der Waals surface area contributed by atoms with Gasteiger partial charge in [0.1, 0.15) is 5.82 Å². The van der Waals surface area contributed by atoms with Gasteiger partial charge in [-0.3, -0.25) is 0 Å². The molecule has 0 bridgehead atoms. The first-order valence-electron chi connectivity index (χ1n) is 4.30. The van der Waals surface area contributed by atoms with Gasteiger partial charge in [-0.1, -0.05) is 0 Å². The van der Waals surface area contributed by atoms with Crippen LogP contribution in [0.15, 0.2) is 22.8 Å². The maximum absolute atomic E-state index is 11.1. The summed E-state index contributed by atoms with van der Waals surface area (Å²) < 4.78 is 25.3. The fraction of sp³-hybridized carbons (Fsp3) is 0.375. The lowest BCUT2D eigenvalue weighted by atomic mass is 10.4. The standard InChI is InChI=1S/C8H12BrN3O2S/c1-10-15(13,14)5-4-11-8-3-2-7(9)6-12-8/h2-3,6,10H,4-5H2,1H3,(H,11,12). The summed E-state index contributed by atoms with van der Waals surface area (Å²) in [7, 11) is -1.75. The van der Waals surface area contributed by atoms with Gasteiger partial charge in [0.05, 0.1) is 5.75 Å². The Hall–Kier alpha value is -0.660. The van der Waals surface area contributed by atoms with Crippen molar-refractivity contribution in [3.8, 4) is 0 Å². The molecule has 0 spiro atoms. The molecule has 7 heteroatoms. The highest BCUT2D eigenvalue weighted by Gasteiger charge is 2.05. The lowest BCUT2D eigenvalue weighted by Crippen LogP contribution is -2.26. The number of rotatable bonds is 5. The smallest absolute Gasteiger partial charge is 0.213 e. The van der Waals surface area contributed by atoms with E-state index in [-0.39, 0.29) is 5.75 Å². The van der Waals surface area contributed by atoms with E-state index in [1.54, 1.807) is 12.3 Å². The van der Waals surface area contributed by atoms with Crippen LogP contribution in [0, 0.1) is 0 Å². The first-order chi connectivity index (χ1) is 7.03. The summed E-state index contributed by atoms with van der Waals surface area (Å²) in [5.74, 6) is 0.686. The van der Waals surface area contributed by atoms with Crippen molar-refractivity contribution in [3.05, 3.63) is 22.8 Å². The van der Waals surface area contributed by atoms with Crippen molar-refractivity contribution in [1.82, 2.24) is 9.71 Å². The minimum Gasteiger partial charge on any atom is -0.369 e. The van der Waals surface area contributed by atoms with E-state index in [2.05, 4.69) is 31.0 Å². The van der Waals surface area contributed by atoms with Crippen molar-refractivity contribution < 1.29 is 8.42 Å². The highest BCUT2D eigenvalue weighted by Crippen LogP contribution is 2.09. The Morgan fingerprint density at radius 3 is 2.73 bits per heavy atom. The van der Waals surface area contributed by atoms with E-state index in [1.165, 1.54) is 7.05 Å². The molecular weight excluding hydrogens is 282 g/mol. The Morgan fingerprint density at radius 2 is 2.20 bits per heavy atom. The van der Waals surface area contributed by atoms with E-state index >= 15 is 0 Å². The Balaban J connectivity index is 2.42. The van der Waals surface area contributed by atoms with Crippen LogP contribution >= 0.6 is 15.9 Å². The molecule has 84 valence electrons. The van der Waals surface area contributed by atoms with Crippen LogP contribution in [0.2, 0.25) is 0 Å². The van der Waals surface area contributed by atoms with Gasteiger partial charge >= 0.3 is 0 Å². The van der Waals surface area contributed by atoms with E-state index in [0.717, 1.165) is 4.47 Å². The van der Waals surface area contributed by atoms with Gasteiger partial charge in [0.25, 0.3) is 0 Å². The van der Waals surface area contributed by atoms with Gasteiger partial charge in [0, 0.05) is 17.2 Å². The molecular formula is C8H12BrN3O2S. The Kier molecular flexibility index (Phi) is 4.49. The molecule has 5 nitrogen and oxygen atoms in total. The zero-order valence-electron chi connectivity index (χ0n) is 8.20. The predicted octanol–water partition coefficient (Wildman–Crippen LogP) is 0.805. The molecule has 0 aromatic carbocycles. The van der Waals surface area contributed by atoms with Gasteiger partial charge in [-0.25, -0.2) is 18.1 Å². The monoisotopic (exact) mass is 293 g/mol. The van der Waals surface area contributed by atoms with Crippen LogP contribution in [0.3, 0.4) is 0 Å². The predicted molar refractivity (Wildman–Crippen MR) is 63.3 cm³/mol. The molecule has 0 aliphatic heterocycles. The highest BCUT2D eigenvalue weighted by atomic mass is 79.9. The first kappa shape index (κ1) is 12.4. The van der Waals surface area contributed by atoms with Gasteiger partial charge in [0.2, 0.25) is 10.0 Å². The second-order valence-corrected chi connectivity index (χ2v) is 5.77. The van der Waals surface area contributed by atoms with Crippen LogP contribution in [-0.2, 0) is 10.0 Å². The molecule has 0 saturated carbocycles. The van der Waals surface area contributed by atoms with Crippen molar-refractivity contribution in [3.63, 3.8) is 0 Å². The molecule has 0 atom stereocenters. The summed E-state index contributed by atoms with van der Waals surface area (Å²) in [6.07, 6.45) is 1.65. The zero-order chi connectivity index (χ0) is 11.3. The minimum atomic E-state index is -3.15. The molecule has 2 N–H and O–H groups in total. The van der Waals surface area contributed by atoms with E-state index in [0.29, 0.717) is 12.4 Å². The average Bonchev–Trinajstić information content (AvgIpc) is 2.21. The summed E-state index contributed by atoms with van der Waals surface area (Å²) in [4.78, 5) is 4.05. The second kappa shape index (κ2) is 5.43. The van der Waals surface area contributed by atoms with Crippen molar-refractivity contribution in [1.29, 1.82) is 0 Å². The number of pyridine rings is 1. The topological polar surface area (TPSA) is 71.1 Å². The minimum absolute atomic E-state index is 0.0290. The molecule has 0 aliphatic carbocycles. The number of halogens is 1. The summed E-state index contributed by atoms with van der Waals surface area (Å²) in [5.41, 5.74) is 0. The van der Waals surface area contributed by atoms with Crippen molar-refractivity contribution in [2.45, 2.75) is 0 Å². The maximum Gasteiger partial charge on any atom is 0.213 e. The van der Waals surface area contributed by atoms with Crippen LogP contribution in [0.1, 0.15) is 0 Å². The fourth-order valence-corrected chi connectivity index (χ4v) is 1.71. The Bertz CT molecular complexity index is 404. The average molecular weight is 294 g/mol. The van der Waals surface area contributed by atoms with Gasteiger partial charge < -0.3 is 5.32 Å². The van der Waals surface area contributed by atoms with E-state index in [4.69, 9.17) is 0 Å². The third kappa shape index (κ3) is 4.59. The third-order valence-electron chi connectivity index (χ3n) is 1.72. The zero-order valence-corrected chi connectivity index (χ0v) is 10.6. The van der Waals surface area contributed by atoms with Crippen LogP contribution in [0.4, 0.5) is 5.82 Å². The summed E-state index contributed by atoms with van der Waals surface area (Å²) in [6.45, 7) is 0.331. The molecule has 0 aliphatic rings. The summed E-state index contributed by atoms with van der Waals surface area (Å²) >= 11 is 3.26. The number of hydrogen-bond donors (Lipinski definition) is 2. The molecule has 0 saturated heterocycles. The SMILES string of the molecule is CNS(=O)(=O)CCNc1ccc(Br)cn1. The quantitative estimate of drug-likeness (QED) is 0.843. The lowest BCUT2D eigenvalue weighted by molar-refractivity contribution is 0.588. The van der Waals surface area contributed by atoms with Crippen molar-refractivity contribution in [2.24, 2.45) is 0 Å². The number of aromatic nitrogens is 1. The molecule has 0 fully saturated rings. The Labute approximate surface area is 97.5 Å². The van der Waals surface area contributed by atoms with Crippen molar-refractivity contribution in [2.75, 3.05) is 24.7 Å². The number of anilines is 1. The fourth-order valence-electron chi connectivity index (χ4n) is 0.896. The molecule has 1 aromatic rings. The second-order valence-electron chi connectivity index (χ2n) is 2.81. The third-order valence-corrected chi connectivity index (χ3v) is 3.55. The van der Waals surface area contributed by atoms with Crippen molar-refractivity contribution >= 4 is 31.8 Å². The highest BCUT2D eigenvalue weighted by molar-refractivity contribution is 9.10. The largest absolute Gasteiger partial charge is 0.369 e. The summed E-state index contributed by atoms with van der Waals surface area (Å²) in [6, 6.07) is 3.61. The molecule has 15 heavy (non-hydrogen) atoms. The van der Waals surface area contributed by atoms with E-state index in [9.17, 15) is 8.42 Å². The molecule has 0 radical (unpaired) electrons. The number of hydrogen-bond acceptors (Lipinski definition) is 4. The van der Waals surface area contributed by atoms with Gasteiger partial charge in [-0.15, -0.1) is 0 Å². The molecule has 0 unspecified atom stereocenters. The number of nitrogens with zero attached hydrogens (tertiary/aromatic N) is 1. The lowest BCUT2D eigenvalue weighted by Gasteiger charge is -2.05. The molecule has 1 rings (SSSR count). The summed E-state index contributed by atoms with van der Waals surface area (Å²) in [5, 5.41) is 2.91. The van der Waals surface area contributed by atoms with Crippen LogP contribution in [0.5, 0.6) is 0 Å². The van der Waals surface area contributed by atoms with Gasteiger partial charge in [0.15, 0.2) is 0 Å².